The molecule has 120 valence electrons. The molecule has 5 nitrogen and oxygen atoms in total. The average molecular weight is 335 g/mol. The zero-order valence-corrected chi connectivity index (χ0v) is 14.1. The first-order valence-corrected chi connectivity index (χ1v) is 6.90. The fourth-order valence-corrected chi connectivity index (χ4v) is 2.72. The molecular weight excluding hydrogens is 311 g/mol. The third-order valence-electron chi connectivity index (χ3n) is 3.86. The van der Waals surface area contributed by atoms with E-state index in [1.165, 1.54) is 0 Å². The summed E-state index contributed by atoms with van der Waals surface area (Å²) in [4.78, 5) is 20.7. The van der Waals surface area contributed by atoms with Crippen molar-refractivity contribution in [2.45, 2.75) is 26.3 Å². The quantitative estimate of drug-likeness (QED) is 0.915. The Morgan fingerprint density at radius 2 is 2.10 bits per heavy atom. The first-order chi connectivity index (χ1) is 9.17. The minimum atomic E-state index is 0. The molecule has 1 amide bonds. The normalized spacial score (nSPS) is 17.3. The molecule has 0 spiro atoms. The van der Waals surface area contributed by atoms with Gasteiger partial charge in [-0.2, -0.15) is 0 Å². The van der Waals surface area contributed by atoms with Crippen molar-refractivity contribution in [2.75, 3.05) is 31.9 Å². The fourth-order valence-electron chi connectivity index (χ4n) is 2.72. The van der Waals surface area contributed by atoms with Crippen molar-refractivity contribution in [3.8, 4) is 0 Å². The van der Waals surface area contributed by atoms with Crippen molar-refractivity contribution in [3.63, 3.8) is 0 Å². The number of carbonyl (C=O) groups is 1. The smallest absolute Gasteiger partial charge is 0.257 e. The number of amides is 1. The van der Waals surface area contributed by atoms with E-state index in [0.29, 0.717) is 17.3 Å². The predicted molar refractivity (Wildman–Crippen MR) is 90.4 cm³/mol. The van der Waals surface area contributed by atoms with Gasteiger partial charge in [0.2, 0.25) is 0 Å². The minimum absolute atomic E-state index is 0. The van der Waals surface area contributed by atoms with E-state index in [1.54, 1.807) is 18.5 Å². The molecule has 0 aliphatic carbocycles. The van der Waals surface area contributed by atoms with Gasteiger partial charge in [0.15, 0.2) is 0 Å². The second-order valence-corrected chi connectivity index (χ2v) is 4.88. The van der Waals surface area contributed by atoms with Gasteiger partial charge >= 0.3 is 0 Å². The average Bonchev–Trinajstić information content (AvgIpc) is 2.90. The maximum absolute atomic E-state index is 12.4. The van der Waals surface area contributed by atoms with Crippen LogP contribution >= 0.6 is 24.8 Å². The molecule has 1 aromatic rings. The third-order valence-corrected chi connectivity index (χ3v) is 3.86. The van der Waals surface area contributed by atoms with Crippen LogP contribution in [-0.2, 0) is 0 Å². The molecule has 1 aromatic heterocycles. The number of halogens is 2. The van der Waals surface area contributed by atoms with Crippen LogP contribution in [-0.4, -0.2) is 52.9 Å². The van der Waals surface area contributed by atoms with E-state index in [-0.39, 0.29) is 30.7 Å². The van der Waals surface area contributed by atoms with E-state index < -0.39 is 0 Å². The number of aromatic nitrogens is 1. The number of hydrogen-bond acceptors (Lipinski definition) is 4. The van der Waals surface area contributed by atoms with Gasteiger partial charge in [0.25, 0.3) is 5.91 Å². The number of nitrogen functional groups attached to an aromatic ring is 1. The number of carbonyl (C=O) groups excluding carboxylic acids is 1. The van der Waals surface area contributed by atoms with Crippen molar-refractivity contribution >= 4 is 36.4 Å². The van der Waals surface area contributed by atoms with Gasteiger partial charge in [-0.3, -0.25) is 14.7 Å². The molecule has 2 N–H and O–H groups in total. The summed E-state index contributed by atoms with van der Waals surface area (Å²) in [6.07, 6.45) is 4.20. The van der Waals surface area contributed by atoms with Gasteiger partial charge in [-0.1, -0.05) is 13.8 Å². The van der Waals surface area contributed by atoms with Crippen LogP contribution in [0.2, 0.25) is 0 Å². The van der Waals surface area contributed by atoms with Gasteiger partial charge in [-0.05, 0) is 25.6 Å². The maximum atomic E-state index is 12.4. The van der Waals surface area contributed by atoms with Crippen LogP contribution in [0, 0.1) is 0 Å². The molecule has 2 rings (SSSR count). The Kier molecular flexibility index (Phi) is 8.63. The van der Waals surface area contributed by atoms with Crippen LogP contribution in [0.1, 0.15) is 30.6 Å². The highest BCUT2D eigenvalue weighted by Crippen LogP contribution is 2.19. The SMILES string of the molecule is CCN(CC)C1CCN(C(=O)c2cnccc2N)C1.Cl.Cl. The molecule has 1 aliphatic rings. The van der Waals surface area contributed by atoms with Crippen molar-refractivity contribution in [3.05, 3.63) is 24.0 Å². The molecule has 1 atom stereocenters. The number of likely N-dealkylation sites (N-methyl/N-ethyl adjacent to an activating group) is 1. The summed E-state index contributed by atoms with van der Waals surface area (Å²) in [7, 11) is 0. The molecule has 7 heteroatoms. The van der Waals surface area contributed by atoms with Gasteiger partial charge in [0, 0.05) is 37.2 Å². The monoisotopic (exact) mass is 334 g/mol. The number of rotatable bonds is 4. The van der Waals surface area contributed by atoms with Crippen molar-refractivity contribution < 1.29 is 4.79 Å². The number of likely N-dealkylation sites (tertiary alicyclic amines) is 1. The van der Waals surface area contributed by atoms with Gasteiger partial charge < -0.3 is 10.6 Å². The topological polar surface area (TPSA) is 62.5 Å². The van der Waals surface area contributed by atoms with Crippen LogP contribution in [0.4, 0.5) is 5.69 Å². The Morgan fingerprint density at radius 3 is 2.67 bits per heavy atom. The molecule has 1 fully saturated rings. The Bertz CT molecular complexity index is 454. The van der Waals surface area contributed by atoms with E-state index >= 15 is 0 Å². The van der Waals surface area contributed by atoms with Crippen LogP contribution in [0.3, 0.4) is 0 Å². The molecule has 0 bridgehead atoms. The highest BCUT2D eigenvalue weighted by molar-refractivity contribution is 5.98. The lowest BCUT2D eigenvalue weighted by atomic mass is 10.2. The number of nitrogens with two attached hydrogens (primary N) is 1. The van der Waals surface area contributed by atoms with Gasteiger partial charge in [0.05, 0.1) is 5.56 Å². The predicted octanol–water partition coefficient (Wildman–Crippen LogP) is 2.06. The first-order valence-electron chi connectivity index (χ1n) is 6.90. The number of hydrogen-bond donors (Lipinski definition) is 1. The van der Waals surface area contributed by atoms with Crippen LogP contribution in [0.25, 0.3) is 0 Å². The highest BCUT2D eigenvalue weighted by Gasteiger charge is 2.30. The molecular formula is C14H24Cl2N4O. The Hall–Kier alpha value is -1.04. The maximum Gasteiger partial charge on any atom is 0.257 e. The van der Waals surface area contributed by atoms with Crippen LogP contribution in [0.5, 0.6) is 0 Å². The second kappa shape index (κ2) is 9.07. The van der Waals surface area contributed by atoms with Crippen LogP contribution in [0.15, 0.2) is 18.5 Å². The van der Waals surface area contributed by atoms with E-state index in [1.807, 2.05) is 4.90 Å². The zero-order chi connectivity index (χ0) is 13.8. The molecule has 21 heavy (non-hydrogen) atoms. The molecule has 0 saturated carbocycles. The van der Waals surface area contributed by atoms with E-state index in [9.17, 15) is 4.79 Å². The summed E-state index contributed by atoms with van der Waals surface area (Å²) in [6.45, 7) is 7.96. The van der Waals surface area contributed by atoms with E-state index in [4.69, 9.17) is 5.73 Å². The first kappa shape index (κ1) is 20.0. The second-order valence-electron chi connectivity index (χ2n) is 4.88. The summed E-state index contributed by atoms with van der Waals surface area (Å²) in [6, 6.07) is 2.14. The minimum Gasteiger partial charge on any atom is -0.398 e. The summed E-state index contributed by atoms with van der Waals surface area (Å²) >= 11 is 0. The lowest BCUT2D eigenvalue weighted by Crippen LogP contribution is -2.38. The zero-order valence-electron chi connectivity index (χ0n) is 12.5. The number of anilines is 1. The summed E-state index contributed by atoms with van der Waals surface area (Å²) < 4.78 is 0. The Balaban J connectivity index is 0.00000200. The van der Waals surface area contributed by atoms with Crippen molar-refractivity contribution in [2.24, 2.45) is 0 Å². The largest absolute Gasteiger partial charge is 0.398 e. The Morgan fingerprint density at radius 1 is 1.43 bits per heavy atom. The standard InChI is InChI=1S/C14H22N4O.2ClH/c1-3-17(4-2)11-6-8-18(10-11)14(19)12-9-16-7-5-13(12)15;;/h5,7,9,11H,3-4,6,8,10H2,1-2H3,(H2,15,16);2*1H. The van der Waals surface area contributed by atoms with Gasteiger partial charge in [-0.25, -0.2) is 0 Å². The Labute approximate surface area is 138 Å². The summed E-state index contributed by atoms with van der Waals surface area (Å²) in [5.41, 5.74) is 6.86. The highest BCUT2D eigenvalue weighted by atomic mass is 35.5. The lowest BCUT2D eigenvalue weighted by molar-refractivity contribution is 0.0778. The fraction of sp³-hybridized carbons (Fsp3) is 0.571. The molecule has 1 saturated heterocycles. The molecule has 1 unspecified atom stereocenters. The van der Waals surface area contributed by atoms with E-state index in [2.05, 4.69) is 23.7 Å². The summed E-state index contributed by atoms with van der Waals surface area (Å²) in [5.74, 6) is 0.000237. The molecule has 1 aliphatic heterocycles. The molecule has 0 radical (unpaired) electrons. The van der Waals surface area contributed by atoms with Gasteiger partial charge in [0.1, 0.15) is 0 Å². The van der Waals surface area contributed by atoms with Crippen LogP contribution < -0.4 is 5.73 Å². The summed E-state index contributed by atoms with van der Waals surface area (Å²) in [5, 5.41) is 0. The molecule has 2 heterocycles. The third kappa shape index (κ3) is 4.46. The lowest BCUT2D eigenvalue weighted by Gasteiger charge is -2.26. The molecule has 0 aromatic carbocycles. The van der Waals surface area contributed by atoms with Crippen molar-refractivity contribution in [1.29, 1.82) is 0 Å². The number of pyridine rings is 1. The van der Waals surface area contributed by atoms with Crippen molar-refractivity contribution in [1.82, 2.24) is 14.8 Å². The van der Waals surface area contributed by atoms with Gasteiger partial charge in [-0.15, -0.1) is 24.8 Å². The number of nitrogens with zero attached hydrogens (tertiary/aromatic N) is 3. The van der Waals surface area contributed by atoms with E-state index in [0.717, 1.165) is 32.6 Å².